The van der Waals surface area contributed by atoms with Crippen LogP contribution in [-0.2, 0) is 4.79 Å². The van der Waals surface area contributed by atoms with Crippen LogP contribution >= 0.6 is 27.7 Å². The first-order valence-electron chi connectivity index (χ1n) is 8.91. The molecule has 4 rings (SSSR count). The van der Waals surface area contributed by atoms with Gasteiger partial charge in [0.15, 0.2) is 11.0 Å². The van der Waals surface area contributed by atoms with Crippen LogP contribution in [0, 0.1) is 5.82 Å². The molecule has 0 atom stereocenters. The van der Waals surface area contributed by atoms with Gasteiger partial charge in [-0.2, -0.15) is 0 Å². The number of hydrogen-bond donors (Lipinski definition) is 1. The van der Waals surface area contributed by atoms with Gasteiger partial charge in [0.05, 0.1) is 11.4 Å². The van der Waals surface area contributed by atoms with E-state index in [-0.39, 0.29) is 17.5 Å². The van der Waals surface area contributed by atoms with E-state index in [1.165, 1.54) is 30.0 Å². The zero-order chi connectivity index (χ0) is 20.9. The molecule has 150 valence electrons. The predicted octanol–water partition coefficient (Wildman–Crippen LogP) is 4.96. The number of halogens is 2. The minimum absolute atomic E-state index is 0.113. The Morgan fingerprint density at radius 2 is 1.93 bits per heavy atom. The molecule has 2 heterocycles. The van der Waals surface area contributed by atoms with Gasteiger partial charge in [0.25, 0.3) is 0 Å². The highest BCUT2D eigenvalue weighted by atomic mass is 79.9. The summed E-state index contributed by atoms with van der Waals surface area (Å²) in [5.74, 6) is 0.131. The molecule has 30 heavy (non-hydrogen) atoms. The van der Waals surface area contributed by atoms with E-state index in [0.29, 0.717) is 21.1 Å². The van der Waals surface area contributed by atoms with Crippen molar-refractivity contribution in [2.75, 3.05) is 11.1 Å². The van der Waals surface area contributed by atoms with Crippen LogP contribution < -0.4 is 5.32 Å². The molecule has 0 aliphatic rings. The highest BCUT2D eigenvalue weighted by Crippen LogP contribution is 2.28. The molecule has 0 aliphatic heterocycles. The normalized spacial score (nSPS) is 10.7. The van der Waals surface area contributed by atoms with E-state index in [1.54, 1.807) is 12.4 Å². The van der Waals surface area contributed by atoms with E-state index in [9.17, 15) is 9.18 Å². The van der Waals surface area contributed by atoms with Crippen molar-refractivity contribution >= 4 is 39.3 Å². The second kappa shape index (κ2) is 9.19. The number of carbonyl (C=O) groups excluding carboxylic acids is 1. The summed E-state index contributed by atoms with van der Waals surface area (Å²) in [5, 5.41) is 11.9. The van der Waals surface area contributed by atoms with Crippen LogP contribution in [0.1, 0.15) is 0 Å². The van der Waals surface area contributed by atoms with Crippen LogP contribution in [0.5, 0.6) is 0 Å². The fraction of sp³-hybridized carbons (Fsp3) is 0.0476. The number of amides is 1. The molecule has 6 nitrogen and oxygen atoms in total. The van der Waals surface area contributed by atoms with Crippen molar-refractivity contribution in [3.05, 3.63) is 83.3 Å². The number of hydrogen-bond acceptors (Lipinski definition) is 5. The van der Waals surface area contributed by atoms with Crippen molar-refractivity contribution in [3.8, 4) is 17.1 Å². The van der Waals surface area contributed by atoms with E-state index in [2.05, 4.69) is 36.4 Å². The third-order valence-corrected chi connectivity index (χ3v) is 5.69. The Morgan fingerprint density at radius 3 is 2.67 bits per heavy atom. The minimum Gasteiger partial charge on any atom is -0.324 e. The van der Waals surface area contributed by atoms with Gasteiger partial charge in [-0.25, -0.2) is 4.39 Å². The lowest BCUT2D eigenvalue weighted by atomic mass is 10.2. The van der Waals surface area contributed by atoms with Crippen LogP contribution in [-0.4, -0.2) is 31.4 Å². The van der Waals surface area contributed by atoms with Crippen LogP contribution in [0.4, 0.5) is 10.1 Å². The summed E-state index contributed by atoms with van der Waals surface area (Å²) in [6, 6.07) is 17.5. The number of nitrogens with one attached hydrogen (secondary N) is 1. The first-order chi connectivity index (χ1) is 14.6. The predicted molar refractivity (Wildman–Crippen MR) is 118 cm³/mol. The number of benzene rings is 2. The fourth-order valence-electron chi connectivity index (χ4n) is 2.76. The smallest absolute Gasteiger partial charge is 0.234 e. The van der Waals surface area contributed by atoms with E-state index in [1.807, 2.05) is 47.0 Å². The van der Waals surface area contributed by atoms with E-state index < -0.39 is 0 Å². The molecule has 0 saturated heterocycles. The Labute approximate surface area is 184 Å². The second-order valence-corrected chi connectivity index (χ2v) is 7.98. The molecule has 0 unspecified atom stereocenters. The van der Waals surface area contributed by atoms with E-state index in [4.69, 9.17) is 0 Å². The van der Waals surface area contributed by atoms with Crippen molar-refractivity contribution in [1.29, 1.82) is 0 Å². The third kappa shape index (κ3) is 4.58. The Kier molecular flexibility index (Phi) is 6.20. The topological polar surface area (TPSA) is 72.7 Å². The average Bonchev–Trinajstić information content (AvgIpc) is 3.19. The fourth-order valence-corrected chi connectivity index (χ4v) is 3.96. The van der Waals surface area contributed by atoms with Crippen LogP contribution in [0.2, 0.25) is 0 Å². The zero-order valence-corrected chi connectivity index (χ0v) is 17.9. The van der Waals surface area contributed by atoms with Gasteiger partial charge >= 0.3 is 0 Å². The first-order valence-corrected chi connectivity index (χ1v) is 10.7. The summed E-state index contributed by atoms with van der Waals surface area (Å²) in [7, 11) is 0. The van der Waals surface area contributed by atoms with Gasteiger partial charge in [-0.3, -0.25) is 14.3 Å². The molecule has 1 N–H and O–H groups in total. The van der Waals surface area contributed by atoms with E-state index in [0.717, 1.165) is 11.3 Å². The summed E-state index contributed by atoms with van der Waals surface area (Å²) >= 11 is 4.51. The summed E-state index contributed by atoms with van der Waals surface area (Å²) in [6.07, 6.45) is 3.41. The lowest BCUT2D eigenvalue weighted by Gasteiger charge is -2.10. The maximum atomic E-state index is 13.2. The van der Waals surface area contributed by atoms with Crippen LogP contribution in [0.25, 0.3) is 17.1 Å². The number of nitrogens with zero attached hydrogens (tertiary/aromatic N) is 4. The van der Waals surface area contributed by atoms with Gasteiger partial charge in [0.2, 0.25) is 5.91 Å². The van der Waals surface area contributed by atoms with Crippen molar-refractivity contribution in [2.45, 2.75) is 5.16 Å². The molecular formula is C21H15BrFN5OS. The molecule has 0 fully saturated rings. The quantitative estimate of drug-likeness (QED) is 0.392. The molecule has 0 saturated carbocycles. The molecule has 4 aromatic rings. The largest absolute Gasteiger partial charge is 0.324 e. The molecular weight excluding hydrogens is 469 g/mol. The molecule has 9 heteroatoms. The number of carbonyl (C=O) groups is 1. The molecule has 1 amide bonds. The van der Waals surface area contributed by atoms with Gasteiger partial charge in [-0.1, -0.05) is 30.0 Å². The molecule has 2 aromatic heterocycles. The van der Waals surface area contributed by atoms with Gasteiger partial charge in [-0.05, 0) is 58.4 Å². The minimum atomic E-state index is -0.381. The van der Waals surface area contributed by atoms with Gasteiger partial charge in [0, 0.05) is 28.1 Å². The Hall–Kier alpha value is -3.04. The molecule has 2 aromatic carbocycles. The Morgan fingerprint density at radius 1 is 1.10 bits per heavy atom. The lowest BCUT2D eigenvalue weighted by Crippen LogP contribution is -2.15. The number of anilines is 1. The summed E-state index contributed by atoms with van der Waals surface area (Å²) < 4.78 is 15.6. The van der Waals surface area contributed by atoms with Crippen LogP contribution in [0.3, 0.4) is 0 Å². The number of pyridine rings is 1. The monoisotopic (exact) mass is 483 g/mol. The van der Waals surface area contributed by atoms with Crippen molar-refractivity contribution in [2.24, 2.45) is 0 Å². The standard InChI is InChI=1S/C21H15BrFN5OS/c22-17-11-15(23)8-9-18(17)25-19(29)13-30-21-27-26-20(14-5-4-10-24-12-14)28(21)16-6-2-1-3-7-16/h1-12H,13H2,(H,25,29). The second-order valence-electron chi connectivity index (χ2n) is 6.18. The molecule has 0 radical (unpaired) electrons. The Bertz CT molecular complexity index is 1170. The van der Waals surface area contributed by atoms with E-state index >= 15 is 0 Å². The molecule has 0 spiro atoms. The molecule has 0 aliphatic carbocycles. The number of para-hydroxylation sites is 1. The maximum absolute atomic E-state index is 13.2. The summed E-state index contributed by atoms with van der Waals surface area (Å²) in [6.45, 7) is 0. The molecule has 0 bridgehead atoms. The summed E-state index contributed by atoms with van der Waals surface area (Å²) in [5.41, 5.74) is 2.20. The van der Waals surface area contributed by atoms with Crippen LogP contribution in [0.15, 0.2) is 82.7 Å². The van der Waals surface area contributed by atoms with Crippen molar-refractivity contribution in [3.63, 3.8) is 0 Å². The number of rotatable bonds is 6. The maximum Gasteiger partial charge on any atom is 0.234 e. The van der Waals surface area contributed by atoms with Crippen molar-refractivity contribution < 1.29 is 9.18 Å². The Balaban J connectivity index is 1.57. The number of thioether (sulfide) groups is 1. The summed E-state index contributed by atoms with van der Waals surface area (Å²) in [4.78, 5) is 16.6. The lowest BCUT2D eigenvalue weighted by molar-refractivity contribution is -0.113. The average molecular weight is 484 g/mol. The first kappa shape index (κ1) is 20.2. The highest BCUT2D eigenvalue weighted by Gasteiger charge is 2.17. The van der Waals surface area contributed by atoms with Gasteiger partial charge < -0.3 is 5.32 Å². The zero-order valence-electron chi connectivity index (χ0n) is 15.5. The van der Waals surface area contributed by atoms with Crippen molar-refractivity contribution in [1.82, 2.24) is 19.7 Å². The third-order valence-electron chi connectivity index (χ3n) is 4.11. The highest BCUT2D eigenvalue weighted by molar-refractivity contribution is 9.10. The number of aromatic nitrogens is 4. The van der Waals surface area contributed by atoms with Gasteiger partial charge in [0.1, 0.15) is 5.82 Å². The van der Waals surface area contributed by atoms with Gasteiger partial charge in [-0.15, -0.1) is 10.2 Å². The SMILES string of the molecule is O=C(CSc1nnc(-c2cccnc2)n1-c1ccccc1)Nc1ccc(F)cc1Br.